The van der Waals surface area contributed by atoms with Crippen LogP contribution in [-0.2, 0) is 14.3 Å². The number of aliphatic hydroxyl groups is 2. The quantitative estimate of drug-likeness (QED) is 0.651. The van der Waals surface area contributed by atoms with Crippen LogP contribution in [0.5, 0.6) is 0 Å². The predicted molar refractivity (Wildman–Crippen MR) is 88.3 cm³/mol. The maximum atomic E-state index is 13.9. The minimum atomic E-state index is -2.30. The van der Waals surface area contributed by atoms with Gasteiger partial charge in [0.25, 0.3) is 5.79 Å². The normalized spacial score (nSPS) is 63.9. The molecular formula is C20H28O5. The molecule has 2 N–H and O–H groups in total. The van der Waals surface area contributed by atoms with Crippen molar-refractivity contribution in [1.29, 1.82) is 0 Å². The smallest absolute Gasteiger partial charge is 0.259 e. The molecule has 5 nitrogen and oxygen atoms in total. The number of ether oxygens (including phenoxy) is 1. The highest BCUT2D eigenvalue weighted by molar-refractivity contribution is 6.18. The van der Waals surface area contributed by atoms with Crippen molar-refractivity contribution in [2.75, 3.05) is 0 Å². The number of hydrogen-bond acceptors (Lipinski definition) is 5. The topological polar surface area (TPSA) is 83.8 Å². The lowest BCUT2D eigenvalue weighted by Crippen LogP contribution is -2.83. The Labute approximate surface area is 148 Å². The lowest BCUT2D eigenvalue weighted by molar-refractivity contribution is -0.372. The fourth-order valence-corrected chi connectivity index (χ4v) is 8.61. The molecule has 5 heteroatoms. The van der Waals surface area contributed by atoms with Crippen LogP contribution in [0.25, 0.3) is 0 Å². The maximum absolute atomic E-state index is 13.9. The molecule has 4 saturated carbocycles. The summed E-state index contributed by atoms with van der Waals surface area (Å²) < 4.78 is 6.04. The summed E-state index contributed by atoms with van der Waals surface area (Å²) in [5, 5.41) is 23.6. The Morgan fingerprint density at radius 2 is 1.64 bits per heavy atom. The summed E-state index contributed by atoms with van der Waals surface area (Å²) in [5.41, 5.74) is -5.00. The van der Waals surface area contributed by atoms with E-state index in [4.69, 9.17) is 4.74 Å². The van der Waals surface area contributed by atoms with Gasteiger partial charge in [-0.3, -0.25) is 9.59 Å². The van der Waals surface area contributed by atoms with Crippen molar-refractivity contribution in [1.82, 2.24) is 0 Å². The Morgan fingerprint density at radius 1 is 1.00 bits per heavy atom. The molecule has 4 aliphatic carbocycles. The van der Waals surface area contributed by atoms with E-state index in [2.05, 4.69) is 6.92 Å². The van der Waals surface area contributed by atoms with E-state index in [-0.39, 0.29) is 29.5 Å². The van der Waals surface area contributed by atoms with Crippen LogP contribution in [0.3, 0.4) is 0 Å². The zero-order chi connectivity index (χ0) is 18.4. The Balaban J connectivity index is 1.95. The third-order valence-electron chi connectivity index (χ3n) is 9.06. The van der Waals surface area contributed by atoms with Gasteiger partial charge < -0.3 is 14.9 Å². The van der Waals surface area contributed by atoms with E-state index < -0.39 is 33.6 Å². The second-order valence-corrected chi connectivity index (χ2v) is 10.2. The molecule has 1 saturated heterocycles. The molecule has 25 heavy (non-hydrogen) atoms. The number of hydrogen-bond donors (Lipinski definition) is 2. The number of fused-ring (bicyclic) bond motifs is 3. The van der Waals surface area contributed by atoms with Gasteiger partial charge >= 0.3 is 0 Å². The lowest BCUT2D eigenvalue weighted by Gasteiger charge is -2.64. The Morgan fingerprint density at radius 3 is 2.28 bits per heavy atom. The van der Waals surface area contributed by atoms with Gasteiger partial charge in [-0.1, -0.05) is 13.8 Å². The maximum Gasteiger partial charge on any atom is 0.259 e. The first-order valence-corrected chi connectivity index (χ1v) is 9.66. The van der Waals surface area contributed by atoms with Gasteiger partial charge in [0, 0.05) is 5.92 Å². The zero-order valence-electron chi connectivity index (χ0n) is 15.6. The standard InChI is InChI=1S/C20H28O5/c1-9-8-12-13-16(3,4)25-20(24)15(22)17(13,5)14(21)18(12)11(9)7-6-10(2)19(18,20)23/h9-13,23-24H,6-8H2,1-5H3. The van der Waals surface area contributed by atoms with Gasteiger partial charge in [0.15, 0.2) is 5.78 Å². The third-order valence-corrected chi connectivity index (χ3v) is 9.06. The lowest BCUT2D eigenvalue weighted by atomic mass is 9.44. The molecular weight excluding hydrogens is 320 g/mol. The number of Topliss-reactive ketones (excluding diaryl/α,β-unsaturated/α-hetero) is 2. The number of ketones is 2. The van der Waals surface area contributed by atoms with Crippen LogP contribution >= 0.6 is 0 Å². The van der Waals surface area contributed by atoms with Crippen LogP contribution in [0, 0.1) is 40.4 Å². The molecule has 5 rings (SSSR count). The molecule has 1 spiro atoms. The second-order valence-electron chi connectivity index (χ2n) is 10.2. The molecule has 0 aromatic carbocycles. The molecule has 0 aromatic heterocycles. The predicted octanol–water partition coefficient (Wildman–Crippen LogP) is 1.69. The zero-order valence-corrected chi connectivity index (χ0v) is 15.6. The molecule has 9 atom stereocenters. The van der Waals surface area contributed by atoms with E-state index in [1.165, 1.54) is 0 Å². The first kappa shape index (κ1) is 16.4. The van der Waals surface area contributed by atoms with E-state index in [9.17, 15) is 19.8 Å². The van der Waals surface area contributed by atoms with Gasteiger partial charge in [-0.05, 0) is 63.7 Å². The SMILES string of the molecule is CC1CC2C3C(C)(C)OC4(O)C(=O)C3(C)C(=O)C23C1CCC(C)C43O. The fraction of sp³-hybridized carbons (Fsp3) is 0.900. The summed E-state index contributed by atoms with van der Waals surface area (Å²) in [6, 6.07) is 0. The summed E-state index contributed by atoms with van der Waals surface area (Å²) in [4.78, 5) is 27.3. The van der Waals surface area contributed by atoms with Crippen molar-refractivity contribution in [3.8, 4) is 0 Å². The van der Waals surface area contributed by atoms with Gasteiger partial charge in [-0.15, -0.1) is 0 Å². The van der Waals surface area contributed by atoms with E-state index in [0.29, 0.717) is 12.3 Å². The van der Waals surface area contributed by atoms with Crippen molar-refractivity contribution in [2.45, 2.75) is 70.9 Å². The molecule has 0 aromatic rings. The summed E-state index contributed by atoms with van der Waals surface area (Å²) in [5.74, 6) is -3.51. The molecule has 1 heterocycles. The largest absolute Gasteiger partial charge is 0.382 e. The molecule has 0 radical (unpaired) electrons. The highest BCUT2D eigenvalue weighted by Crippen LogP contribution is 2.81. The number of carbonyl (C=O) groups excluding carboxylic acids is 2. The van der Waals surface area contributed by atoms with Gasteiger partial charge in [0.2, 0.25) is 5.78 Å². The summed E-state index contributed by atoms with van der Waals surface area (Å²) >= 11 is 0. The molecule has 5 aliphatic rings. The highest BCUT2D eigenvalue weighted by Gasteiger charge is 2.94. The van der Waals surface area contributed by atoms with Crippen molar-refractivity contribution < 1.29 is 24.5 Å². The van der Waals surface area contributed by atoms with Crippen LogP contribution in [0.15, 0.2) is 0 Å². The molecule has 0 amide bonds. The molecule has 5 fully saturated rings. The van der Waals surface area contributed by atoms with Crippen LogP contribution in [0.2, 0.25) is 0 Å². The van der Waals surface area contributed by atoms with E-state index in [1.54, 1.807) is 6.92 Å². The van der Waals surface area contributed by atoms with Crippen LogP contribution in [0.1, 0.15) is 53.9 Å². The third kappa shape index (κ3) is 1.18. The van der Waals surface area contributed by atoms with Crippen molar-refractivity contribution >= 4 is 11.6 Å². The minimum absolute atomic E-state index is 0.00708. The molecule has 1 aliphatic heterocycles. The molecule has 138 valence electrons. The van der Waals surface area contributed by atoms with E-state index >= 15 is 0 Å². The summed E-state index contributed by atoms with van der Waals surface area (Å²) in [7, 11) is 0. The minimum Gasteiger partial charge on any atom is -0.382 e. The average Bonchev–Trinajstić information content (AvgIpc) is 2.87. The highest BCUT2D eigenvalue weighted by atomic mass is 16.7. The van der Waals surface area contributed by atoms with Crippen molar-refractivity contribution in [3.05, 3.63) is 0 Å². The van der Waals surface area contributed by atoms with Crippen LogP contribution in [-0.4, -0.2) is 38.8 Å². The monoisotopic (exact) mass is 348 g/mol. The fourth-order valence-electron chi connectivity index (χ4n) is 8.61. The first-order valence-electron chi connectivity index (χ1n) is 9.66. The van der Waals surface area contributed by atoms with Gasteiger partial charge in [-0.25, -0.2) is 0 Å². The first-order chi connectivity index (χ1) is 11.4. The molecule has 3 bridgehead atoms. The van der Waals surface area contributed by atoms with Gasteiger partial charge in [-0.2, -0.15) is 0 Å². The summed E-state index contributed by atoms with van der Waals surface area (Å²) in [6.45, 7) is 9.44. The Hall–Kier alpha value is -0.780. The number of carbonyl (C=O) groups is 2. The average molecular weight is 348 g/mol. The van der Waals surface area contributed by atoms with Crippen LogP contribution in [0.4, 0.5) is 0 Å². The van der Waals surface area contributed by atoms with Crippen molar-refractivity contribution in [3.63, 3.8) is 0 Å². The van der Waals surface area contributed by atoms with Crippen molar-refractivity contribution in [2.24, 2.45) is 40.4 Å². The Bertz CT molecular complexity index is 730. The van der Waals surface area contributed by atoms with Crippen LogP contribution < -0.4 is 0 Å². The molecule has 9 unspecified atom stereocenters. The van der Waals surface area contributed by atoms with Gasteiger partial charge in [0.1, 0.15) is 5.60 Å². The number of rotatable bonds is 0. The van der Waals surface area contributed by atoms with E-state index in [1.807, 2.05) is 20.8 Å². The van der Waals surface area contributed by atoms with E-state index in [0.717, 1.165) is 12.8 Å². The van der Waals surface area contributed by atoms with Gasteiger partial charge in [0.05, 0.1) is 16.4 Å². The Kier molecular flexibility index (Phi) is 2.56. The summed E-state index contributed by atoms with van der Waals surface area (Å²) in [6.07, 6.45) is 2.36. The second kappa shape index (κ2) is 3.90.